The molecule has 8 heteroatoms. The summed E-state index contributed by atoms with van der Waals surface area (Å²) >= 11 is 3.26. The molecule has 0 bridgehead atoms. The van der Waals surface area contributed by atoms with Crippen LogP contribution in [-0.2, 0) is 16.4 Å². The number of carbonyl (C=O) groups is 1. The summed E-state index contributed by atoms with van der Waals surface area (Å²) in [4.78, 5) is 14.4. The summed E-state index contributed by atoms with van der Waals surface area (Å²) in [6.45, 7) is 0.523. The predicted octanol–water partition coefficient (Wildman–Crippen LogP) is 4.05. The van der Waals surface area contributed by atoms with Gasteiger partial charge in [-0.15, -0.1) is 0 Å². The Hall–Kier alpha value is -2.58. The van der Waals surface area contributed by atoms with Gasteiger partial charge in [-0.25, -0.2) is 8.42 Å². The summed E-state index contributed by atoms with van der Waals surface area (Å²) in [6, 6.07) is 15.1. The van der Waals surface area contributed by atoms with Crippen LogP contribution in [-0.4, -0.2) is 20.9 Å². The summed E-state index contributed by atoms with van der Waals surface area (Å²) < 4.78 is 33.6. The van der Waals surface area contributed by atoms with E-state index >= 15 is 0 Å². The average molecular weight is 447 g/mol. The Labute approximate surface area is 165 Å². The van der Waals surface area contributed by atoms with E-state index in [1.807, 2.05) is 6.07 Å². The van der Waals surface area contributed by atoms with Crippen molar-refractivity contribution in [3.8, 4) is 0 Å². The lowest BCUT2D eigenvalue weighted by Gasteiger charge is -2.17. The predicted molar refractivity (Wildman–Crippen MR) is 105 cm³/mol. The number of nitrogens with one attached hydrogen (secondary N) is 1. The third-order valence-electron chi connectivity index (χ3n) is 4.34. The van der Waals surface area contributed by atoms with Crippen LogP contribution in [0.2, 0.25) is 0 Å². The topological polar surface area (TPSA) is 79.6 Å². The van der Waals surface area contributed by atoms with Crippen molar-refractivity contribution in [1.29, 1.82) is 0 Å². The Morgan fingerprint density at radius 2 is 1.93 bits per heavy atom. The lowest BCUT2D eigenvalue weighted by Crippen LogP contribution is -2.28. The van der Waals surface area contributed by atoms with Crippen molar-refractivity contribution in [3.63, 3.8) is 0 Å². The molecule has 0 fully saturated rings. The fourth-order valence-electron chi connectivity index (χ4n) is 3.06. The van der Waals surface area contributed by atoms with Gasteiger partial charge in [0.25, 0.3) is 15.9 Å². The van der Waals surface area contributed by atoms with Gasteiger partial charge in [-0.1, -0.05) is 18.2 Å². The van der Waals surface area contributed by atoms with Crippen molar-refractivity contribution in [3.05, 3.63) is 76.7 Å². The molecule has 1 aliphatic heterocycles. The maximum atomic E-state index is 12.7. The maximum absolute atomic E-state index is 12.7. The van der Waals surface area contributed by atoms with E-state index in [4.69, 9.17) is 4.42 Å². The van der Waals surface area contributed by atoms with Gasteiger partial charge in [0.2, 0.25) is 0 Å². The monoisotopic (exact) mass is 446 g/mol. The quantitative estimate of drug-likeness (QED) is 0.655. The third kappa shape index (κ3) is 3.38. The van der Waals surface area contributed by atoms with Gasteiger partial charge in [-0.05, 0) is 64.3 Å². The number of fused-ring (bicyclic) bond motifs is 1. The number of hydrogen-bond donors (Lipinski definition) is 1. The standard InChI is InChI=1S/C19H15BrN2O4S/c20-15-4-1-2-6-18(15)27(24,25)21-14-8-7-13-9-10-22(16(13)12-14)19(23)17-5-3-11-26-17/h1-8,11-12,21H,9-10H2. The average Bonchev–Trinajstić information content (AvgIpc) is 3.31. The number of anilines is 2. The number of nitrogens with zero attached hydrogens (tertiary/aromatic N) is 1. The van der Waals surface area contributed by atoms with E-state index in [1.54, 1.807) is 47.4 Å². The van der Waals surface area contributed by atoms with E-state index in [0.717, 1.165) is 5.56 Å². The molecule has 0 spiro atoms. The number of rotatable bonds is 4. The first-order chi connectivity index (χ1) is 13.0. The SMILES string of the molecule is O=C(c1ccco1)N1CCc2ccc(NS(=O)(=O)c3ccccc3Br)cc21. The number of carbonyl (C=O) groups excluding carboxylic acids is 1. The van der Waals surface area contributed by atoms with Crippen LogP contribution in [0.4, 0.5) is 11.4 Å². The van der Waals surface area contributed by atoms with Gasteiger partial charge in [0, 0.05) is 16.7 Å². The Balaban J connectivity index is 1.65. The number of halogens is 1. The highest BCUT2D eigenvalue weighted by atomic mass is 79.9. The first kappa shape index (κ1) is 17.8. The highest BCUT2D eigenvalue weighted by Gasteiger charge is 2.28. The van der Waals surface area contributed by atoms with E-state index in [2.05, 4.69) is 20.7 Å². The summed E-state index contributed by atoms with van der Waals surface area (Å²) in [5, 5.41) is 0. The molecule has 3 aromatic rings. The van der Waals surface area contributed by atoms with E-state index < -0.39 is 10.0 Å². The van der Waals surface area contributed by atoms with Gasteiger partial charge < -0.3 is 9.32 Å². The zero-order chi connectivity index (χ0) is 19.0. The Morgan fingerprint density at radius 3 is 2.67 bits per heavy atom. The van der Waals surface area contributed by atoms with Gasteiger partial charge >= 0.3 is 0 Å². The second-order valence-corrected chi connectivity index (χ2v) is 8.57. The van der Waals surface area contributed by atoms with Gasteiger partial charge in [-0.3, -0.25) is 9.52 Å². The molecule has 27 heavy (non-hydrogen) atoms. The van der Waals surface area contributed by atoms with Gasteiger partial charge in [0.1, 0.15) is 4.90 Å². The second-order valence-electron chi connectivity index (χ2n) is 6.06. The highest BCUT2D eigenvalue weighted by Crippen LogP contribution is 2.33. The number of benzene rings is 2. The molecule has 1 N–H and O–H groups in total. The molecule has 0 saturated carbocycles. The minimum Gasteiger partial charge on any atom is -0.459 e. The van der Waals surface area contributed by atoms with E-state index in [0.29, 0.717) is 28.8 Å². The minimum atomic E-state index is -3.76. The van der Waals surface area contributed by atoms with Crippen molar-refractivity contribution in [2.24, 2.45) is 0 Å². The van der Waals surface area contributed by atoms with E-state index in [1.165, 1.54) is 12.3 Å². The molecular weight excluding hydrogens is 432 g/mol. The molecule has 1 aromatic heterocycles. The van der Waals surface area contributed by atoms with Crippen LogP contribution in [0.1, 0.15) is 16.1 Å². The normalized spacial score (nSPS) is 13.4. The van der Waals surface area contributed by atoms with Crippen LogP contribution in [0.3, 0.4) is 0 Å². The molecule has 138 valence electrons. The van der Waals surface area contributed by atoms with Gasteiger partial charge in [0.15, 0.2) is 5.76 Å². The molecule has 6 nitrogen and oxygen atoms in total. The Morgan fingerprint density at radius 1 is 1.11 bits per heavy atom. The van der Waals surface area contributed by atoms with Crippen LogP contribution in [0.5, 0.6) is 0 Å². The van der Waals surface area contributed by atoms with Crippen molar-refractivity contribution in [2.75, 3.05) is 16.2 Å². The molecular formula is C19H15BrN2O4S. The molecule has 2 aromatic carbocycles. The largest absolute Gasteiger partial charge is 0.459 e. The summed E-state index contributed by atoms with van der Waals surface area (Å²) in [7, 11) is -3.76. The van der Waals surface area contributed by atoms with E-state index in [-0.39, 0.29) is 16.6 Å². The second kappa shape index (κ2) is 6.86. The fraction of sp³-hybridized carbons (Fsp3) is 0.105. The van der Waals surface area contributed by atoms with Crippen LogP contribution in [0, 0.1) is 0 Å². The van der Waals surface area contributed by atoms with Crippen LogP contribution in [0.15, 0.2) is 74.6 Å². The molecule has 0 saturated heterocycles. The van der Waals surface area contributed by atoms with Crippen LogP contribution in [0.25, 0.3) is 0 Å². The summed E-state index contributed by atoms with van der Waals surface area (Å²) in [5.41, 5.74) is 2.06. The van der Waals surface area contributed by atoms with Crippen molar-refractivity contribution < 1.29 is 17.6 Å². The van der Waals surface area contributed by atoms with Crippen molar-refractivity contribution in [2.45, 2.75) is 11.3 Å². The number of hydrogen-bond acceptors (Lipinski definition) is 4. The van der Waals surface area contributed by atoms with Gasteiger partial charge in [-0.2, -0.15) is 0 Å². The van der Waals surface area contributed by atoms with Crippen molar-refractivity contribution in [1.82, 2.24) is 0 Å². The number of furan rings is 1. The summed E-state index contributed by atoms with van der Waals surface area (Å²) in [6.07, 6.45) is 2.16. The van der Waals surface area contributed by atoms with Gasteiger partial charge in [0.05, 0.1) is 12.0 Å². The molecule has 0 atom stereocenters. The smallest absolute Gasteiger partial charge is 0.293 e. The first-order valence-electron chi connectivity index (χ1n) is 8.21. The minimum absolute atomic E-state index is 0.147. The first-order valence-corrected chi connectivity index (χ1v) is 10.5. The lowest BCUT2D eigenvalue weighted by atomic mass is 10.1. The molecule has 0 radical (unpaired) electrons. The Kier molecular flexibility index (Phi) is 4.53. The molecule has 4 rings (SSSR count). The zero-order valence-corrected chi connectivity index (χ0v) is 16.5. The molecule has 2 heterocycles. The maximum Gasteiger partial charge on any atom is 0.293 e. The molecule has 0 aliphatic carbocycles. The number of sulfonamides is 1. The van der Waals surface area contributed by atoms with E-state index in [9.17, 15) is 13.2 Å². The molecule has 1 amide bonds. The van der Waals surface area contributed by atoms with Crippen molar-refractivity contribution >= 4 is 43.2 Å². The van der Waals surface area contributed by atoms with Crippen LogP contribution >= 0.6 is 15.9 Å². The lowest BCUT2D eigenvalue weighted by molar-refractivity contribution is 0.0963. The Bertz CT molecular complexity index is 1110. The highest BCUT2D eigenvalue weighted by molar-refractivity contribution is 9.10. The van der Waals surface area contributed by atoms with Crippen LogP contribution < -0.4 is 9.62 Å². The summed E-state index contributed by atoms with van der Waals surface area (Å²) in [5.74, 6) is 0.00612. The molecule has 1 aliphatic rings. The number of amides is 1. The molecule has 0 unspecified atom stereocenters. The zero-order valence-electron chi connectivity index (χ0n) is 14.1. The third-order valence-corrected chi connectivity index (χ3v) is 6.73. The fourth-order valence-corrected chi connectivity index (χ4v) is 5.11.